The van der Waals surface area contributed by atoms with E-state index in [1.807, 2.05) is 42.5 Å². The van der Waals surface area contributed by atoms with Crippen LogP contribution in [0.15, 0.2) is 109 Å². The number of benzene rings is 4. The molecule has 0 fully saturated rings. The number of pyridine rings is 2. The first-order valence-corrected chi connectivity index (χ1v) is 23.7. The second kappa shape index (κ2) is 14.8. The van der Waals surface area contributed by atoms with Gasteiger partial charge >= 0.3 is 106 Å². The topological polar surface area (TPSA) is 25.8 Å². The minimum atomic E-state index is -2.32. The van der Waals surface area contributed by atoms with Gasteiger partial charge in [0, 0.05) is 36.5 Å². The number of hydrogen-bond donors (Lipinski definition) is 0. The van der Waals surface area contributed by atoms with Crippen molar-refractivity contribution in [2.24, 2.45) is 0 Å². The standard InChI is InChI=1S/C27H22NS.C15H18GeN.Ir/c1-17(2)24-15-25(28-16-18(24)3)23-11-7-10-22-21-13-12-20(14-26(21)29-27(22)23)19-8-5-4-6-9-19;1-12-10-15(13-8-6-5-7-9-13)17-11-14(12)16(2,3)4;/h4-10,12-17H,1-3H3;5-8,10-11H,1-4H3;/q2*-1;/i3D3,17D;;. The Kier molecular flexibility index (Phi) is 9.35. The SMILES string of the molecule is Cc1cc(-c2[c-]cccc2)nc[c]1[Ge]([CH3])([CH3])[CH3].[2H]C([2H])([2H])c1cnc(-c2[c-]ccc3c2sc2cc(-c4ccccc4)ccc23)cc1C([2H])(C)C.[Ir]. The Morgan fingerprint density at radius 1 is 0.766 bits per heavy atom. The molecule has 0 aliphatic heterocycles. The Labute approximate surface area is 305 Å². The van der Waals surface area contributed by atoms with E-state index >= 15 is 0 Å². The second-order valence-electron chi connectivity index (χ2n) is 12.8. The zero-order valence-corrected chi connectivity index (χ0v) is 32.8. The van der Waals surface area contributed by atoms with E-state index in [-0.39, 0.29) is 25.7 Å². The number of hydrogen-bond acceptors (Lipinski definition) is 3. The van der Waals surface area contributed by atoms with Crippen LogP contribution in [0.3, 0.4) is 0 Å². The van der Waals surface area contributed by atoms with Crippen LogP contribution in [0.25, 0.3) is 53.8 Å². The van der Waals surface area contributed by atoms with Crippen molar-refractivity contribution < 1.29 is 25.6 Å². The van der Waals surface area contributed by atoms with Crippen molar-refractivity contribution in [1.82, 2.24) is 9.97 Å². The fourth-order valence-electron chi connectivity index (χ4n) is 5.79. The number of aromatic nitrogens is 2. The summed E-state index contributed by atoms with van der Waals surface area (Å²) in [6, 6.07) is 39.2. The molecule has 7 rings (SSSR count). The predicted molar refractivity (Wildman–Crippen MR) is 202 cm³/mol. The molecule has 1 radical (unpaired) electrons. The van der Waals surface area contributed by atoms with Crippen molar-refractivity contribution >= 4 is 49.2 Å². The third-order valence-electron chi connectivity index (χ3n) is 8.14. The zero-order valence-electron chi connectivity index (χ0n) is 31.5. The van der Waals surface area contributed by atoms with Crippen LogP contribution < -0.4 is 4.40 Å². The molecule has 0 unspecified atom stereocenters. The molecule has 239 valence electrons. The summed E-state index contributed by atoms with van der Waals surface area (Å²) in [5.41, 5.74) is 7.87. The normalized spacial score (nSPS) is 13.1. The smallest absolute Gasteiger partial charge is 0.0346 e. The molecule has 4 aromatic carbocycles. The molecule has 3 heterocycles. The van der Waals surface area contributed by atoms with Gasteiger partial charge in [-0.1, -0.05) is 67.8 Å². The summed E-state index contributed by atoms with van der Waals surface area (Å²) in [6.07, 6.45) is 3.48. The van der Waals surface area contributed by atoms with Gasteiger partial charge in [0.25, 0.3) is 0 Å². The summed E-state index contributed by atoms with van der Waals surface area (Å²) in [5, 5.41) is 2.29. The number of rotatable bonds is 5. The molecule has 0 aliphatic carbocycles. The van der Waals surface area contributed by atoms with Crippen LogP contribution >= 0.6 is 11.3 Å². The van der Waals surface area contributed by atoms with Crippen LogP contribution in [0, 0.1) is 25.9 Å². The maximum atomic E-state index is 8.52. The van der Waals surface area contributed by atoms with Gasteiger partial charge in [0.15, 0.2) is 0 Å². The first-order valence-electron chi connectivity index (χ1n) is 17.5. The average molecular weight is 874 g/mol. The van der Waals surface area contributed by atoms with E-state index in [4.69, 9.17) is 5.48 Å². The fraction of sp³-hybridized carbons (Fsp3) is 0.190. The Hall–Kier alpha value is -3.41. The predicted octanol–water partition coefficient (Wildman–Crippen LogP) is 11.4. The average Bonchev–Trinajstić information content (AvgIpc) is 3.46. The quantitative estimate of drug-likeness (QED) is 0.127. The maximum Gasteiger partial charge on any atom is 0.0346 e. The largest absolute Gasteiger partial charge is 0.304 e. The van der Waals surface area contributed by atoms with E-state index in [0.29, 0.717) is 11.3 Å². The number of nitrogens with zero attached hydrogens (tertiary/aromatic N) is 2. The minimum absolute atomic E-state index is 0. The molecule has 0 bridgehead atoms. The van der Waals surface area contributed by atoms with Crippen LogP contribution in [0.4, 0.5) is 0 Å². The summed E-state index contributed by atoms with van der Waals surface area (Å²) in [6.45, 7) is 3.28. The van der Waals surface area contributed by atoms with Gasteiger partial charge in [0.2, 0.25) is 0 Å². The number of thiophene rings is 1. The molecule has 0 spiro atoms. The van der Waals surface area contributed by atoms with Crippen molar-refractivity contribution in [3.8, 4) is 33.6 Å². The van der Waals surface area contributed by atoms with Crippen molar-refractivity contribution in [2.75, 3.05) is 0 Å². The summed E-state index contributed by atoms with van der Waals surface area (Å²) in [4.78, 5) is 9.10. The number of fused-ring (bicyclic) bond motifs is 3. The van der Waals surface area contributed by atoms with Crippen molar-refractivity contribution in [1.29, 1.82) is 0 Å². The van der Waals surface area contributed by atoms with E-state index < -0.39 is 26.0 Å². The Balaban J connectivity index is 0.000000237. The Morgan fingerprint density at radius 3 is 2.21 bits per heavy atom. The van der Waals surface area contributed by atoms with Gasteiger partial charge in [-0.25, -0.2) is 0 Å². The van der Waals surface area contributed by atoms with Gasteiger partial charge < -0.3 is 4.98 Å². The van der Waals surface area contributed by atoms with E-state index in [0.717, 1.165) is 26.9 Å². The molecular weight excluding hydrogens is 829 g/mol. The molecular formula is C42H40GeIrN2S-2. The Morgan fingerprint density at radius 2 is 1.53 bits per heavy atom. The molecule has 3 aromatic heterocycles. The van der Waals surface area contributed by atoms with Crippen LogP contribution in [0.1, 0.15) is 41.9 Å². The van der Waals surface area contributed by atoms with E-state index in [1.165, 1.54) is 37.4 Å². The molecule has 2 nitrogen and oxygen atoms in total. The molecule has 0 N–H and O–H groups in total. The molecule has 7 aromatic rings. The van der Waals surface area contributed by atoms with Crippen LogP contribution in [0.2, 0.25) is 17.3 Å². The molecule has 0 saturated heterocycles. The molecule has 0 saturated carbocycles. The molecule has 0 aliphatic rings. The van der Waals surface area contributed by atoms with Gasteiger partial charge in [0.05, 0.1) is 0 Å². The van der Waals surface area contributed by atoms with Gasteiger partial charge in [-0.05, 0) is 56.8 Å². The summed E-state index contributed by atoms with van der Waals surface area (Å²) in [7, 11) is 0. The van der Waals surface area contributed by atoms with E-state index in [9.17, 15) is 0 Å². The van der Waals surface area contributed by atoms with E-state index in [1.54, 1.807) is 31.3 Å². The number of aryl methyl sites for hydroxylation is 2. The van der Waals surface area contributed by atoms with Gasteiger partial charge in [-0.2, -0.15) is 11.3 Å². The van der Waals surface area contributed by atoms with Crippen molar-refractivity contribution in [3.63, 3.8) is 0 Å². The first-order chi connectivity index (χ1) is 23.6. The third kappa shape index (κ3) is 7.68. The van der Waals surface area contributed by atoms with Crippen LogP contribution in [0.5, 0.6) is 0 Å². The van der Waals surface area contributed by atoms with Gasteiger partial charge in [-0.15, -0.1) is 23.8 Å². The van der Waals surface area contributed by atoms with Crippen LogP contribution in [-0.4, -0.2) is 23.2 Å². The fourth-order valence-corrected chi connectivity index (χ4v) is 10.6. The third-order valence-corrected chi connectivity index (χ3v) is 13.8. The summed E-state index contributed by atoms with van der Waals surface area (Å²) in [5.74, 6) is 6.13. The first kappa shape index (κ1) is 29.7. The molecule has 5 heteroatoms. The van der Waals surface area contributed by atoms with Gasteiger partial charge in [0.1, 0.15) is 0 Å². The van der Waals surface area contributed by atoms with Gasteiger partial charge in [-0.3, -0.25) is 0 Å². The maximum absolute atomic E-state index is 8.52. The van der Waals surface area contributed by atoms with Crippen molar-refractivity contribution in [2.45, 2.75) is 50.8 Å². The Bertz CT molecular complexity index is 2290. The monoisotopic (exact) mass is 875 g/mol. The molecule has 0 amide bonds. The molecule has 0 atom stereocenters. The van der Waals surface area contributed by atoms with E-state index in [2.05, 4.69) is 101 Å². The summed E-state index contributed by atoms with van der Waals surface area (Å²) < 4.78 is 35.8. The minimum Gasteiger partial charge on any atom is -0.304 e. The molecule has 47 heavy (non-hydrogen) atoms. The zero-order chi connectivity index (χ0) is 35.8. The second-order valence-corrected chi connectivity index (χ2v) is 24.4. The summed E-state index contributed by atoms with van der Waals surface area (Å²) >= 11 is -0.0868. The van der Waals surface area contributed by atoms with Crippen molar-refractivity contribution in [3.05, 3.63) is 138 Å². The van der Waals surface area contributed by atoms with Crippen LogP contribution in [-0.2, 0) is 20.1 Å².